The van der Waals surface area contributed by atoms with Crippen LogP contribution in [0.1, 0.15) is 41.7 Å². The van der Waals surface area contributed by atoms with Gasteiger partial charge in [0.2, 0.25) is 5.56 Å². The van der Waals surface area contributed by atoms with Crippen LogP contribution in [-0.4, -0.2) is 28.6 Å². The molecule has 0 aliphatic heterocycles. The highest BCUT2D eigenvalue weighted by Gasteiger charge is 2.26. The number of aryl methyl sites for hydroxylation is 1. The smallest absolute Gasteiger partial charge is 0.253 e. The number of aliphatic hydroxyl groups excluding tert-OH is 1. The number of carbonyl (C=O) groups is 1. The van der Waals surface area contributed by atoms with Crippen molar-refractivity contribution in [2.45, 2.75) is 38.6 Å². The third-order valence-corrected chi connectivity index (χ3v) is 3.82. The SMILES string of the molecule is Cc1[nH]c(=O)ccc1C(=O)NC1CCCCC1CO. The first-order valence-corrected chi connectivity index (χ1v) is 6.73. The van der Waals surface area contributed by atoms with E-state index in [-0.39, 0.29) is 30.0 Å². The molecule has 1 aromatic heterocycles. The zero-order chi connectivity index (χ0) is 13.8. The van der Waals surface area contributed by atoms with Gasteiger partial charge in [-0.2, -0.15) is 0 Å². The number of aromatic nitrogens is 1. The molecule has 0 spiro atoms. The minimum atomic E-state index is -0.208. The second-order valence-corrected chi connectivity index (χ2v) is 5.17. The fraction of sp³-hybridized carbons (Fsp3) is 0.571. The molecule has 104 valence electrons. The van der Waals surface area contributed by atoms with E-state index in [0.29, 0.717) is 11.3 Å². The molecule has 0 bridgehead atoms. The number of hydrogen-bond acceptors (Lipinski definition) is 3. The predicted molar refractivity (Wildman–Crippen MR) is 72.1 cm³/mol. The van der Waals surface area contributed by atoms with Gasteiger partial charge in [-0.15, -0.1) is 0 Å². The van der Waals surface area contributed by atoms with Crippen LogP contribution in [0.25, 0.3) is 0 Å². The molecule has 1 aromatic rings. The van der Waals surface area contributed by atoms with Crippen molar-refractivity contribution in [3.63, 3.8) is 0 Å². The van der Waals surface area contributed by atoms with Gasteiger partial charge in [0, 0.05) is 30.3 Å². The van der Waals surface area contributed by atoms with Crippen molar-refractivity contribution >= 4 is 5.91 Å². The molecule has 2 unspecified atom stereocenters. The van der Waals surface area contributed by atoms with Crippen LogP contribution in [0.15, 0.2) is 16.9 Å². The van der Waals surface area contributed by atoms with Gasteiger partial charge in [0.1, 0.15) is 0 Å². The van der Waals surface area contributed by atoms with E-state index in [0.717, 1.165) is 25.7 Å². The number of aliphatic hydroxyl groups is 1. The number of rotatable bonds is 3. The zero-order valence-electron chi connectivity index (χ0n) is 11.1. The summed E-state index contributed by atoms with van der Waals surface area (Å²) < 4.78 is 0. The Bertz CT molecular complexity index is 510. The second-order valence-electron chi connectivity index (χ2n) is 5.17. The average molecular weight is 264 g/mol. The van der Waals surface area contributed by atoms with Crippen LogP contribution in [0, 0.1) is 12.8 Å². The van der Waals surface area contributed by atoms with Crippen LogP contribution >= 0.6 is 0 Å². The van der Waals surface area contributed by atoms with Crippen LogP contribution in [0.4, 0.5) is 0 Å². The van der Waals surface area contributed by atoms with Crippen molar-refractivity contribution in [3.8, 4) is 0 Å². The van der Waals surface area contributed by atoms with Crippen LogP contribution in [0.5, 0.6) is 0 Å². The number of H-pyrrole nitrogens is 1. The van der Waals surface area contributed by atoms with Gasteiger partial charge in [-0.1, -0.05) is 12.8 Å². The Labute approximate surface area is 112 Å². The maximum atomic E-state index is 12.2. The maximum absolute atomic E-state index is 12.2. The van der Waals surface area contributed by atoms with Crippen molar-refractivity contribution in [2.24, 2.45) is 5.92 Å². The number of hydrogen-bond donors (Lipinski definition) is 3. The summed E-state index contributed by atoms with van der Waals surface area (Å²) >= 11 is 0. The van der Waals surface area contributed by atoms with Crippen LogP contribution < -0.4 is 10.9 Å². The summed E-state index contributed by atoms with van der Waals surface area (Å²) in [5, 5.41) is 12.3. The zero-order valence-corrected chi connectivity index (χ0v) is 11.1. The van der Waals surface area contributed by atoms with Crippen LogP contribution in [0.2, 0.25) is 0 Å². The Morgan fingerprint density at radius 3 is 2.84 bits per heavy atom. The fourth-order valence-corrected chi connectivity index (χ4v) is 2.69. The summed E-state index contributed by atoms with van der Waals surface area (Å²) in [5.74, 6) is -0.0418. The van der Waals surface area contributed by atoms with Crippen molar-refractivity contribution in [1.82, 2.24) is 10.3 Å². The Balaban J connectivity index is 2.09. The number of carbonyl (C=O) groups excluding carboxylic acids is 1. The highest BCUT2D eigenvalue weighted by atomic mass is 16.3. The summed E-state index contributed by atoms with van der Waals surface area (Å²) in [4.78, 5) is 25.9. The largest absolute Gasteiger partial charge is 0.396 e. The summed E-state index contributed by atoms with van der Waals surface area (Å²) in [7, 11) is 0. The summed E-state index contributed by atoms with van der Waals surface area (Å²) in [6, 6.07) is 2.92. The molecular weight excluding hydrogens is 244 g/mol. The third kappa shape index (κ3) is 3.23. The van der Waals surface area contributed by atoms with E-state index in [1.54, 1.807) is 13.0 Å². The molecule has 19 heavy (non-hydrogen) atoms. The Morgan fingerprint density at radius 2 is 2.16 bits per heavy atom. The molecule has 0 saturated heterocycles. The summed E-state index contributed by atoms with van der Waals surface area (Å²) in [6.07, 6.45) is 4.03. The number of amides is 1. The Morgan fingerprint density at radius 1 is 1.42 bits per heavy atom. The van der Waals surface area contributed by atoms with Gasteiger partial charge in [-0.25, -0.2) is 0 Å². The minimum Gasteiger partial charge on any atom is -0.396 e. The molecule has 0 aromatic carbocycles. The molecule has 5 nitrogen and oxygen atoms in total. The molecule has 2 atom stereocenters. The lowest BCUT2D eigenvalue weighted by atomic mass is 9.85. The Hall–Kier alpha value is -1.62. The van der Waals surface area contributed by atoms with Gasteiger partial charge in [-0.3, -0.25) is 9.59 Å². The molecule has 1 aliphatic rings. The maximum Gasteiger partial charge on any atom is 0.253 e. The molecule has 1 aliphatic carbocycles. The first kappa shape index (κ1) is 13.8. The highest BCUT2D eigenvalue weighted by molar-refractivity contribution is 5.95. The monoisotopic (exact) mass is 264 g/mol. The van der Waals surface area contributed by atoms with Gasteiger partial charge in [0.15, 0.2) is 0 Å². The second kappa shape index (κ2) is 6.02. The lowest BCUT2D eigenvalue weighted by Gasteiger charge is -2.31. The lowest BCUT2D eigenvalue weighted by molar-refractivity contribution is 0.0871. The molecule has 1 fully saturated rings. The normalized spacial score (nSPS) is 23.1. The molecular formula is C14H20N2O3. The topological polar surface area (TPSA) is 82.2 Å². The van der Waals surface area contributed by atoms with Gasteiger partial charge in [0.25, 0.3) is 5.91 Å². The molecule has 5 heteroatoms. The quantitative estimate of drug-likeness (QED) is 0.760. The van der Waals surface area contributed by atoms with Crippen molar-refractivity contribution in [3.05, 3.63) is 33.7 Å². The van der Waals surface area contributed by atoms with Crippen LogP contribution in [0.3, 0.4) is 0 Å². The standard InChI is InChI=1S/C14H20N2O3/c1-9-11(6-7-13(18)15-9)14(19)16-12-5-3-2-4-10(12)8-17/h6-7,10,12,17H,2-5,8H2,1H3,(H,15,18)(H,16,19). The molecule has 1 saturated carbocycles. The van der Waals surface area contributed by atoms with E-state index >= 15 is 0 Å². The Kier molecular flexibility index (Phi) is 4.37. The molecule has 0 radical (unpaired) electrons. The summed E-state index contributed by atoms with van der Waals surface area (Å²) in [5.41, 5.74) is 0.850. The predicted octanol–water partition coefficient (Wildman–Crippen LogP) is 0.964. The molecule has 1 amide bonds. The first-order chi connectivity index (χ1) is 9.11. The van der Waals surface area contributed by atoms with Gasteiger partial charge >= 0.3 is 0 Å². The number of nitrogens with one attached hydrogen (secondary N) is 2. The molecule has 3 N–H and O–H groups in total. The van der Waals surface area contributed by atoms with E-state index < -0.39 is 0 Å². The van der Waals surface area contributed by atoms with E-state index in [9.17, 15) is 14.7 Å². The number of aromatic amines is 1. The van der Waals surface area contributed by atoms with Gasteiger partial charge in [0.05, 0.1) is 5.56 Å². The van der Waals surface area contributed by atoms with Crippen molar-refractivity contribution in [2.75, 3.05) is 6.61 Å². The van der Waals surface area contributed by atoms with Crippen molar-refractivity contribution < 1.29 is 9.90 Å². The first-order valence-electron chi connectivity index (χ1n) is 6.73. The van der Waals surface area contributed by atoms with E-state index in [1.807, 2.05) is 0 Å². The highest BCUT2D eigenvalue weighted by Crippen LogP contribution is 2.24. The lowest BCUT2D eigenvalue weighted by Crippen LogP contribution is -2.43. The average Bonchev–Trinajstić information content (AvgIpc) is 2.39. The molecule has 1 heterocycles. The van der Waals surface area contributed by atoms with Gasteiger partial charge < -0.3 is 15.4 Å². The van der Waals surface area contributed by atoms with E-state index in [2.05, 4.69) is 10.3 Å². The van der Waals surface area contributed by atoms with E-state index in [4.69, 9.17) is 0 Å². The minimum absolute atomic E-state index is 0.0255. The fourth-order valence-electron chi connectivity index (χ4n) is 2.69. The van der Waals surface area contributed by atoms with E-state index in [1.165, 1.54) is 6.07 Å². The van der Waals surface area contributed by atoms with Crippen LogP contribution in [-0.2, 0) is 0 Å². The summed E-state index contributed by atoms with van der Waals surface area (Å²) in [6.45, 7) is 1.82. The van der Waals surface area contributed by atoms with Crippen molar-refractivity contribution in [1.29, 1.82) is 0 Å². The number of pyridine rings is 1. The van der Waals surface area contributed by atoms with Gasteiger partial charge in [-0.05, 0) is 25.8 Å². The third-order valence-electron chi connectivity index (χ3n) is 3.82. The molecule has 2 rings (SSSR count).